The molecule has 6 nitrogen and oxygen atoms in total. The predicted octanol–water partition coefficient (Wildman–Crippen LogP) is 2.58. The number of Topliss-reactive ketones (excluding diaryl/α,β-unsaturated/α-hetero) is 1. The minimum Gasteiger partial charge on any atom is -0.377 e. The number of carbonyl (C=O) groups excluding carboxylic acids is 3. The van der Waals surface area contributed by atoms with Crippen LogP contribution in [0.15, 0.2) is 36.4 Å². The van der Waals surface area contributed by atoms with Crippen LogP contribution in [0.3, 0.4) is 0 Å². The summed E-state index contributed by atoms with van der Waals surface area (Å²) in [5.74, 6) is -0.205. The summed E-state index contributed by atoms with van der Waals surface area (Å²) in [6.45, 7) is 2.90. The lowest BCUT2D eigenvalue weighted by molar-refractivity contribution is -0.107. The molecule has 6 heteroatoms. The molecule has 146 valence electrons. The Morgan fingerprint density at radius 2 is 1.89 bits per heavy atom. The molecule has 0 radical (unpaired) electrons. The lowest BCUT2D eigenvalue weighted by Crippen LogP contribution is -2.26. The molecule has 28 heavy (non-hydrogen) atoms. The summed E-state index contributed by atoms with van der Waals surface area (Å²) in [4.78, 5) is 39.4. The Morgan fingerprint density at radius 3 is 2.57 bits per heavy atom. The zero-order chi connectivity index (χ0) is 20.3. The van der Waals surface area contributed by atoms with E-state index in [0.717, 1.165) is 35.3 Å². The Labute approximate surface area is 165 Å². The first-order chi connectivity index (χ1) is 13.4. The van der Waals surface area contributed by atoms with E-state index in [4.69, 9.17) is 0 Å². The van der Waals surface area contributed by atoms with Crippen molar-refractivity contribution < 1.29 is 14.4 Å². The van der Waals surface area contributed by atoms with Gasteiger partial charge in [0, 0.05) is 56.1 Å². The zero-order valence-corrected chi connectivity index (χ0v) is 16.5. The van der Waals surface area contributed by atoms with E-state index in [-0.39, 0.29) is 24.7 Å². The third-order valence-corrected chi connectivity index (χ3v) is 5.04. The fraction of sp³-hybridized carbons (Fsp3) is 0.318. The first kappa shape index (κ1) is 19.6. The summed E-state index contributed by atoms with van der Waals surface area (Å²) < 4.78 is 0. The van der Waals surface area contributed by atoms with Gasteiger partial charge in [0.2, 0.25) is 6.41 Å². The van der Waals surface area contributed by atoms with Crippen LogP contribution in [0.5, 0.6) is 0 Å². The number of benzene rings is 2. The van der Waals surface area contributed by atoms with E-state index in [1.807, 2.05) is 50.2 Å². The second kappa shape index (κ2) is 8.25. The van der Waals surface area contributed by atoms with Gasteiger partial charge in [-0.3, -0.25) is 14.4 Å². The highest BCUT2D eigenvalue weighted by Crippen LogP contribution is 2.28. The van der Waals surface area contributed by atoms with Crippen LogP contribution in [0, 0.1) is 6.92 Å². The standard InChI is InChI=1S/C22H25N3O3/c1-15-12-18(5-6-19(15)24(2)3)22(28)23-10-8-21(27)17-4-7-20-16(13-17)9-11-25(20)14-26/h4-7,12-14H,8-11H2,1-3H3,(H,23,28). The van der Waals surface area contributed by atoms with Crippen molar-refractivity contribution in [3.63, 3.8) is 0 Å². The van der Waals surface area contributed by atoms with Crippen molar-refractivity contribution >= 4 is 29.5 Å². The largest absolute Gasteiger partial charge is 0.377 e. The number of hydrogen-bond acceptors (Lipinski definition) is 4. The SMILES string of the molecule is Cc1cc(C(=O)NCCC(=O)c2ccc3c(c2)CCN3C=O)ccc1N(C)C. The second-order valence-corrected chi connectivity index (χ2v) is 7.22. The van der Waals surface area contributed by atoms with E-state index in [9.17, 15) is 14.4 Å². The Balaban J connectivity index is 1.56. The maximum absolute atomic E-state index is 12.4. The molecule has 2 aromatic carbocycles. The minimum atomic E-state index is -0.184. The first-order valence-electron chi connectivity index (χ1n) is 9.35. The number of ketones is 1. The molecule has 0 unspecified atom stereocenters. The summed E-state index contributed by atoms with van der Waals surface area (Å²) in [7, 11) is 3.92. The monoisotopic (exact) mass is 379 g/mol. The van der Waals surface area contributed by atoms with E-state index in [1.165, 1.54) is 0 Å². The highest BCUT2D eigenvalue weighted by Gasteiger charge is 2.20. The molecular formula is C22H25N3O3. The summed E-state index contributed by atoms with van der Waals surface area (Å²) in [6, 6.07) is 11.0. The molecule has 0 aliphatic carbocycles. The highest BCUT2D eigenvalue weighted by atomic mass is 16.2. The van der Waals surface area contributed by atoms with E-state index in [2.05, 4.69) is 5.32 Å². The number of carbonyl (C=O) groups is 3. The zero-order valence-electron chi connectivity index (χ0n) is 16.5. The maximum atomic E-state index is 12.4. The van der Waals surface area contributed by atoms with Gasteiger partial charge in [-0.15, -0.1) is 0 Å². The van der Waals surface area contributed by atoms with E-state index < -0.39 is 0 Å². The number of rotatable bonds is 7. The van der Waals surface area contributed by atoms with Gasteiger partial charge in [0.25, 0.3) is 5.91 Å². The minimum absolute atomic E-state index is 0.0215. The fourth-order valence-electron chi connectivity index (χ4n) is 3.54. The van der Waals surface area contributed by atoms with Gasteiger partial charge in [0.15, 0.2) is 5.78 Å². The summed E-state index contributed by atoms with van der Waals surface area (Å²) in [5, 5.41) is 2.82. The Hall–Kier alpha value is -3.15. The van der Waals surface area contributed by atoms with E-state index in [0.29, 0.717) is 17.7 Å². The summed E-state index contributed by atoms with van der Waals surface area (Å²) in [6.07, 6.45) is 1.81. The molecule has 0 bridgehead atoms. The van der Waals surface area contributed by atoms with Crippen LogP contribution < -0.4 is 15.1 Å². The quantitative estimate of drug-likeness (QED) is 0.593. The molecule has 0 saturated carbocycles. The molecule has 1 N–H and O–H groups in total. The van der Waals surface area contributed by atoms with Crippen LogP contribution in [0.1, 0.15) is 38.3 Å². The number of nitrogens with one attached hydrogen (secondary N) is 1. The third kappa shape index (κ3) is 4.06. The van der Waals surface area contributed by atoms with Gasteiger partial charge in [0.1, 0.15) is 0 Å². The lowest BCUT2D eigenvalue weighted by Gasteiger charge is -2.16. The number of anilines is 2. The van der Waals surface area contributed by atoms with Crippen LogP contribution in [-0.2, 0) is 11.2 Å². The van der Waals surface area contributed by atoms with Gasteiger partial charge >= 0.3 is 0 Å². The van der Waals surface area contributed by atoms with Gasteiger partial charge in [-0.2, -0.15) is 0 Å². The van der Waals surface area contributed by atoms with Crippen molar-refractivity contribution in [3.8, 4) is 0 Å². The molecule has 0 fully saturated rings. The van der Waals surface area contributed by atoms with Crippen molar-refractivity contribution in [1.29, 1.82) is 0 Å². The van der Waals surface area contributed by atoms with Crippen molar-refractivity contribution in [2.45, 2.75) is 19.8 Å². The fourth-order valence-corrected chi connectivity index (χ4v) is 3.54. The Kier molecular flexibility index (Phi) is 5.78. The lowest BCUT2D eigenvalue weighted by atomic mass is 10.0. The van der Waals surface area contributed by atoms with Gasteiger partial charge in [-0.25, -0.2) is 0 Å². The van der Waals surface area contributed by atoms with Gasteiger partial charge in [-0.05, 0) is 60.9 Å². The molecule has 0 saturated heterocycles. The summed E-state index contributed by atoms with van der Waals surface area (Å²) in [5.41, 5.74) is 5.18. The number of hydrogen-bond donors (Lipinski definition) is 1. The van der Waals surface area contributed by atoms with Crippen LogP contribution in [-0.4, -0.2) is 45.3 Å². The van der Waals surface area contributed by atoms with Crippen molar-refractivity contribution in [2.75, 3.05) is 37.0 Å². The Bertz CT molecular complexity index is 921. The predicted molar refractivity (Wildman–Crippen MR) is 110 cm³/mol. The van der Waals surface area contributed by atoms with Crippen molar-refractivity contribution in [1.82, 2.24) is 5.32 Å². The molecule has 0 atom stereocenters. The number of aryl methyl sites for hydroxylation is 1. The van der Waals surface area contributed by atoms with E-state index >= 15 is 0 Å². The highest BCUT2D eigenvalue weighted by molar-refractivity contribution is 5.98. The molecular weight excluding hydrogens is 354 g/mol. The van der Waals surface area contributed by atoms with Gasteiger partial charge in [0.05, 0.1) is 0 Å². The molecule has 1 heterocycles. The van der Waals surface area contributed by atoms with Crippen LogP contribution in [0.2, 0.25) is 0 Å². The first-order valence-corrected chi connectivity index (χ1v) is 9.35. The topological polar surface area (TPSA) is 69.7 Å². The third-order valence-electron chi connectivity index (χ3n) is 5.04. The van der Waals surface area contributed by atoms with Crippen LogP contribution in [0.25, 0.3) is 0 Å². The number of fused-ring (bicyclic) bond motifs is 1. The number of amides is 2. The smallest absolute Gasteiger partial charge is 0.251 e. The van der Waals surface area contributed by atoms with Gasteiger partial charge in [-0.1, -0.05) is 0 Å². The average Bonchev–Trinajstić information content (AvgIpc) is 3.09. The van der Waals surface area contributed by atoms with Crippen LogP contribution in [0.4, 0.5) is 11.4 Å². The van der Waals surface area contributed by atoms with E-state index in [1.54, 1.807) is 17.0 Å². The van der Waals surface area contributed by atoms with Crippen molar-refractivity contribution in [3.05, 3.63) is 58.7 Å². The average molecular weight is 379 g/mol. The molecule has 0 aromatic heterocycles. The van der Waals surface area contributed by atoms with Gasteiger partial charge < -0.3 is 15.1 Å². The van der Waals surface area contributed by atoms with Crippen LogP contribution >= 0.6 is 0 Å². The number of nitrogens with zero attached hydrogens (tertiary/aromatic N) is 2. The molecule has 3 rings (SSSR count). The second-order valence-electron chi connectivity index (χ2n) is 7.22. The Morgan fingerprint density at radius 1 is 1.14 bits per heavy atom. The summed E-state index contributed by atoms with van der Waals surface area (Å²) >= 11 is 0. The molecule has 2 aromatic rings. The molecule has 2 amide bonds. The molecule has 1 aliphatic heterocycles. The molecule has 0 spiro atoms. The maximum Gasteiger partial charge on any atom is 0.251 e. The molecule has 1 aliphatic rings. The van der Waals surface area contributed by atoms with Crippen molar-refractivity contribution in [2.24, 2.45) is 0 Å². The normalized spacial score (nSPS) is 12.5.